The minimum atomic E-state index is 0.640. The molecule has 0 unspecified atom stereocenters. The van der Waals surface area contributed by atoms with Crippen molar-refractivity contribution in [3.8, 4) is 33.6 Å². The number of aromatic nitrogens is 4. The van der Waals surface area contributed by atoms with Crippen LogP contribution in [0.3, 0.4) is 0 Å². The molecule has 0 amide bonds. The third-order valence-corrected chi connectivity index (χ3v) is 5.71. The molecule has 0 bridgehead atoms. The number of pyridine rings is 2. The fraction of sp³-hybridized carbons (Fsp3) is 0.179. The molecule has 0 fully saturated rings. The zero-order valence-corrected chi connectivity index (χ0v) is 18.9. The minimum Gasteiger partial charge on any atom is -0.312 e. The van der Waals surface area contributed by atoms with E-state index in [2.05, 4.69) is 88.9 Å². The number of hydrogen-bond acceptors (Lipinski definition) is 4. The maximum Gasteiger partial charge on any atom is 0.0827 e. The van der Waals surface area contributed by atoms with Gasteiger partial charge in [-0.15, -0.1) is 0 Å². The van der Waals surface area contributed by atoms with Crippen LogP contribution in [-0.2, 0) is 6.54 Å². The van der Waals surface area contributed by atoms with Crippen molar-refractivity contribution in [1.82, 2.24) is 25.5 Å². The lowest BCUT2D eigenvalue weighted by Crippen LogP contribution is -2.18. The Labute approximate surface area is 193 Å². The third-order valence-electron chi connectivity index (χ3n) is 5.71. The Morgan fingerprint density at radius 1 is 0.879 bits per heavy atom. The van der Waals surface area contributed by atoms with Gasteiger partial charge in [0, 0.05) is 41.0 Å². The molecule has 2 N–H and O–H groups in total. The molecule has 0 atom stereocenters. The number of rotatable bonds is 7. The van der Waals surface area contributed by atoms with Crippen LogP contribution in [0, 0.1) is 5.92 Å². The second-order valence-electron chi connectivity index (χ2n) is 8.69. The van der Waals surface area contributed by atoms with Crippen LogP contribution in [0.5, 0.6) is 0 Å². The summed E-state index contributed by atoms with van der Waals surface area (Å²) in [6, 6.07) is 23.3. The van der Waals surface area contributed by atoms with E-state index in [1.165, 1.54) is 5.56 Å². The first-order chi connectivity index (χ1) is 16.2. The van der Waals surface area contributed by atoms with Crippen LogP contribution in [0.15, 0.2) is 85.3 Å². The second-order valence-corrected chi connectivity index (χ2v) is 8.69. The molecular weight excluding hydrogens is 406 g/mol. The summed E-state index contributed by atoms with van der Waals surface area (Å²) in [5.41, 5.74) is 8.31. The highest BCUT2D eigenvalue weighted by atomic mass is 15.1. The van der Waals surface area contributed by atoms with E-state index < -0.39 is 0 Å². The van der Waals surface area contributed by atoms with Gasteiger partial charge in [0.05, 0.1) is 23.1 Å². The fourth-order valence-electron chi connectivity index (χ4n) is 4.05. The van der Waals surface area contributed by atoms with Crippen molar-refractivity contribution in [2.45, 2.75) is 20.4 Å². The van der Waals surface area contributed by atoms with E-state index in [-0.39, 0.29) is 0 Å². The van der Waals surface area contributed by atoms with E-state index in [0.717, 1.165) is 57.6 Å². The van der Waals surface area contributed by atoms with Crippen molar-refractivity contribution in [3.05, 3.63) is 90.9 Å². The van der Waals surface area contributed by atoms with E-state index in [9.17, 15) is 0 Å². The van der Waals surface area contributed by atoms with Crippen molar-refractivity contribution in [2.75, 3.05) is 6.54 Å². The first kappa shape index (κ1) is 21.0. The lowest BCUT2D eigenvalue weighted by molar-refractivity contribution is 0.552. The fourth-order valence-corrected chi connectivity index (χ4v) is 4.05. The van der Waals surface area contributed by atoms with Gasteiger partial charge in [-0.25, -0.2) is 4.98 Å². The molecule has 164 valence electrons. The summed E-state index contributed by atoms with van der Waals surface area (Å²) in [6.07, 6.45) is 5.47. The average Bonchev–Trinajstić information content (AvgIpc) is 3.38. The lowest BCUT2D eigenvalue weighted by atomic mass is 9.96. The highest BCUT2D eigenvalue weighted by Gasteiger charge is 2.15. The van der Waals surface area contributed by atoms with Crippen LogP contribution in [0.25, 0.3) is 44.5 Å². The van der Waals surface area contributed by atoms with Crippen LogP contribution >= 0.6 is 0 Å². The van der Waals surface area contributed by atoms with Crippen molar-refractivity contribution in [3.63, 3.8) is 0 Å². The third kappa shape index (κ3) is 4.54. The smallest absolute Gasteiger partial charge is 0.0827 e. The Hall–Kier alpha value is -3.83. The Bertz CT molecular complexity index is 1340. The number of hydrogen-bond donors (Lipinski definition) is 2. The van der Waals surface area contributed by atoms with Crippen LogP contribution < -0.4 is 5.32 Å². The Morgan fingerprint density at radius 2 is 1.70 bits per heavy atom. The second kappa shape index (κ2) is 9.35. The predicted octanol–water partition coefficient (Wildman–Crippen LogP) is 6.10. The molecule has 5 heteroatoms. The number of nitrogens with one attached hydrogen (secondary N) is 2. The van der Waals surface area contributed by atoms with E-state index in [1.54, 1.807) is 6.20 Å². The van der Waals surface area contributed by atoms with Gasteiger partial charge in [-0.2, -0.15) is 5.10 Å². The molecule has 0 radical (unpaired) electrons. The molecule has 3 heterocycles. The summed E-state index contributed by atoms with van der Waals surface area (Å²) in [5, 5.41) is 11.5. The summed E-state index contributed by atoms with van der Waals surface area (Å²) in [4.78, 5) is 9.75. The summed E-state index contributed by atoms with van der Waals surface area (Å²) >= 11 is 0. The van der Waals surface area contributed by atoms with Crippen molar-refractivity contribution >= 4 is 10.9 Å². The zero-order chi connectivity index (χ0) is 22.6. The number of benzene rings is 2. The van der Waals surface area contributed by atoms with E-state index in [4.69, 9.17) is 4.98 Å². The molecule has 0 aliphatic rings. The molecule has 5 nitrogen and oxygen atoms in total. The molecule has 5 aromatic rings. The molecule has 5 rings (SSSR count). The largest absolute Gasteiger partial charge is 0.312 e. The monoisotopic (exact) mass is 433 g/mol. The Balaban J connectivity index is 1.61. The van der Waals surface area contributed by atoms with Crippen LogP contribution in [0.2, 0.25) is 0 Å². The van der Waals surface area contributed by atoms with Gasteiger partial charge < -0.3 is 5.32 Å². The van der Waals surface area contributed by atoms with E-state index in [1.807, 2.05) is 24.5 Å². The maximum absolute atomic E-state index is 5.12. The standard InChI is InChI=1S/C28H27N5/c1-19(2)15-29-16-20-8-10-22(11-9-20)28-24(21-6-4-3-5-7-21)14-25-26(33-28)12-13-30-27(25)23-17-31-32-18-23/h3-14,17-19,29H,15-16H2,1-2H3,(H,31,32). The summed E-state index contributed by atoms with van der Waals surface area (Å²) < 4.78 is 0. The summed E-state index contributed by atoms with van der Waals surface area (Å²) in [6.45, 7) is 6.33. The molecule has 0 aliphatic carbocycles. The molecule has 0 saturated carbocycles. The van der Waals surface area contributed by atoms with Gasteiger partial charge in [-0.05, 0) is 35.7 Å². The van der Waals surface area contributed by atoms with Gasteiger partial charge in [-0.1, -0.05) is 68.4 Å². The molecule has 0 aliphatic heterocycles. The number of H-pyrrole nitrogens is 1. The van der Waals surface area contributed by atoms with E-state index in [0.29, 0.717) is 5.92 Å². The van der Waals surface area contributed by atoms with Crippen molar-refractivity contribution < 1.29 is 0 Å². The van der Waals surface area contributed by atoms with Gasteiger partial charge in [0.2, 0.25) is 0 Å². The number of fused-ring (bicyclic) bond motifs is 1. The molecule has 3 aromatic heterocycles. The Kier molecular flexibility index (Phi) is 5.96. The SMILES string of the molecule is CC(C)CNCc1ccc(-c2nc3ccnc(-c4cn[nH]c4)c3cc2-c2ccccc2)cc1. The first-order valence-electron chi connectivity index (χ1n) is 11.3. The number of aromatic amines is 1. The predicted molar refractivity (Wildman–Crippen MR) is 135 cm³/mol. The highest BCUT2D eigenvalue weighted by molar-refractivity contribution is 5.98. The van der Waals surface area contributed by atoms with Gasteiger partial charge >= 0.3 is 0 Å². The topological polar surface area (TPSA) is 66.5 Å². The molecule has 0 saturated heterocycles. The summed E-state index contributed by atoms with van der Waals surface area (Å²) in [7, 11) is 0. The highest BCUT2D eigenvalue weighted by Crippen LogP contribution is 2.36. The van der Waals surface area contributed by atoms with Crippen LogP contribution in [0.4, 0.5) is 0 Å². The van der Waals surface area contributed by atoms with Crippen LogP contribution in [0.1, 0.15) is 19.4 Å². The maximum atomic E-state index is 5.12. The molecular formula is C28H27N5. The number of nitrogens with zero attached hydrogens (tertiary/aromatic N) is 3. The summed E-state index contributed by atoms with van der Waals surface area (Å²) in [5.74, 6) is 0.640. The normalized spacial score (nSPS) is 11.4. The molecule has 2 aromatic carbocycles. The quantitative estimate of drug-likeness (QED) is 0.325. The molecule has 33 heavy (non-hydrogen) atoms. The van der Waals surface area contributed by atoms with Gasteiger partial charge in [-0.3, -0.25) is 10.1 Å². The lowest BCUT2D eigenvalue weighted by Gasteiger charge is -2.14. The first-order valence-corrected chi connectivity index (χ1v) is 11.3. The van der Waals surface area contributed by atoms with Gasteiger partial charge in [0.15, 0.2) is 0 Å². The minimum absolute atomic E-state index is 0.640. The van der Waals surface area contributed by atoms with E-state index >= 15 is 0 Å². The van der Waals surface area contributed by atoms with Gasteiger partial charge in [0.25, 0.3) is 0 Å². The van der Waals surface area contributed by atoms with Crippen LogP contribution in [-0.4, -0.2) is 26.7 Å². The van der Waals surface area contributed by atoms with Gasteiger partial charge in [0.1, 0.15) is 0 Å². The zero-order valence-electron chi connectivity index (χ0n) is 18.9. The van der Waals surface area contributed by atoms with Crippen molar-refractivity contribution in [1.29, 1.82) is 0 Å². The Morgan fingerprint density at radius 3 is 2.42 bits per heavy atom. The molecule has 0 spiro atoms. The average molecular weight is 434 g/mol. The van der Waals surface area contributed by atoms with Crippen molar-refractivity contribution in [2.24, 2.45) is 5.92 Å².